The second kappa shape index (κ2) is 7.88. The summed E-state index contributed by atoms with van der Waals surface area (Å²) in [6, 6.07) is 4.67. The first kappa shape index (κ1) is 21.5. The molecule has 3 aromatic rings. The molecule has 7 nitrogen and oxygen atoms in total. The predicted molar refractivity (Wildman–Crippen MR) is 101 cm³/mol. The van der Waals surface area contributed by atoms with Crippen molar-refractivity contribution in [2.75, 3.05) is 5.32 Å². The smallest absolute Gasteiger partial charge is 0.321 e. The number of alkyl halides is 3. The third-order valence-corrected chi connectivity index (χ3v) is 4.48. The fraction of sp³-hybridized carbons (Fsp3) is 0.368. The first-order chi connectivity index (χ1) is 14.0. The second-order valence-corrected chi connectivity index (χ2v) is 7.08. The molecule has 1 aromatic carbocycles. The number of halogens is 4. The van der Waals surface area contributed by atoms with Gasteiger partial charge in [0, 0.05) is 0 Å². The number of nitrogens with zero attached hydrogens (tertiary/aromatic N) is 5. The van der Waals surface area contributed by atoms with Gasteiger partial charge >= 0.3 is 6.18 Å². The lowest BCUT2D eigenvalue weighted by molar-refractivity contribution is -0.145. The highest BCUT2D eigenvalue weighted by Crippen LogP contribution is 2.29. The van der Waals surface area contributed by atoms with Gasteiger partial charge in [-0.05, 0) is 44.0 Å². The Bertz CT molecular complexity index is 1050. The molecular weight excluding hydrogens is 404 g/mol. The topological polar surface area (TPSA) is 77.6 Å². The minimum Gasteiger partial charge on any atom is -0.321 e. The van der Waals surface area contributed by atoms with E-state index in [0.29, 0.717) is 17.1 Å². The molecule has 1 N–H and O–H groups in total. The van der Waals surface area contributed by atoms with Crippen molar-refractivity contribution in [3.8, 4) is 5.69 Å². The van der Waals surface area contributed by atoms with Gasteiger partial charge in [-0.15, -0.1) is 5.10 Å². The molecule has 0 saturated heterocycles. The van der Waals surface area contributed by atoms with E-state index in [-0.39, 0.29) is 17.6 Å². The van der Waals surface area contributed by atoms with Gasteiger partial charge in [-0.1, -0.05) is 13.8 Å². The van der Waals surface area contributed by atoms with Crippen LogP contribution in [0.5, 0.6) is 0 Å². The number of benzene rings is 1. The van der Waals surface area contributed by atoms with E-state index in [4.69, 9.17) is 0 Å². The van der Waals surface area contributed by atoms with E-state index in [0.717, 1.165) is 4.68 Å². The summed E-state index contributed by atoms with van der Waals surface area (Å²) in [6.45, 7) is 6.56. The highest BCUT2D eigenvalue weighted by molar-refractivity contribution is 5.94. The highest BCUT2D eigenvalue weighted by Gasteiger charge is 2.37. The van der Waals surface area contributed by atoms with E-state index in [1.807, 2.05) is 13.8 Å². The molecule has 0 saturated carbocycles. The molecule has 1 unspecified atom stereocenters. The maximum absolute atomic E-state index is 13.2. The number of hydrogen-bond acceptors (Lipinski definition) is 4. The standard InChI is InChI=1S/C19H20F4N6O/c1-10(2)16-15(9-24-29(16)14-7-5-13(20)6-8-14)26-17(30)11(3)28-12(4)25-18(27-28)19(21,22)23/h5-11H,1-4H3,(H,26,30). The Morgan fingerprint density at radius 2 is 1.77 bits per heavy atom. The molecule has 11 heteroatoms. The third-order valence-electron chi connectivity index (χ3n) is 4.48. The number of aryl methyl sites for hydroxylation is 1. The van der Waals surface area contributed by atoms with Crippen LogP contribution in [0.15, 0.2) is 30.5 Å². The molecule has 0 aliphatic carbocycles. The zero-order valence-corrected chi connectivity index (χ0v) is 16.7. The summed E-state index contributed by atoms with van der Waals surface area (Å²) >= 11 is 0. The van der Waals surface area contributed by atoms with E-state index >= 15 is 0 Å². The Hall–Kier alpha value is -3.24. The van der Waals surface area contributed by atoms with Crippen molar-refractivity contribution >= 4 is 11.6 Å². The highest BCUT2D eigenvalue weighted by atomic mass is 19.4. The van der Waals surface area contributed by atoms with E-state index in [1.165, 1.54) is 32.2 Å². The zero-order valence-electron chi connectivity index (χ0n) is 16.7. The Labute approximate surface area is 169 Å². The van der Waals surface area contributed by atoms with Crippen LogP contribution in [0.3, 0.4) is 0 Å². The van der Waals surface area contributed by atoms with Crippen molar-refractivity contribution in [3.63, 3.8) is 0 Å². The molecule has 0 spiro atoms. The Morgan fingerprint density at radius 1 is 1.13 bits per heavy atom. The molecule has 3 rings (SSSR count). The summed E-state index contributed by atoms with van der Waals surface area (Å²) in [6.07, 6.45) is -3.26. The van der Waals surface area contributed by atoms with Gasteiger partial charge in [0.25, 0.3) is 5.82 Å². The molecular formula is C19H20F4N6O. The number of amides is 1. The minimum atomic E-state index is -4.70. The van der Waals surface area contributed by atoms with Crippen LogP contribution in [0.25, 0.3) is 5.69 Å². The molecule has 0 radical (unpaired) electrons. The van der Waals surface area contributed by atoms with E-state index in [2.05, 4.69) is 20.5 Å². The number of hydrogen-bond donors (Lipinski definition) is 1. The van der Waals surface area contributed by atoms with Gasteiger partial charge < -0.3 is 5.32 Å². The number of carbonyl (C=O) groups excluding carboxylic acids is 1. The molecule has 1 amide bonds. The average molecular weight is 424 g/mol. The van der Waals surface area contributed by atoms with Crippen LogP contribution in [0.4, 0.5) is 23.2 Å². The van der Waals surface area contributed by atoms with Crippen LogP contribution in [0, 0.1) is 12.7 Å². The van der Waals surface area contributed by atoms with Crippen molar-refractivity contribution in [1.29, 1.82) is 0 Å². The first-order valence-corrected chi connectivity index (χ1v) is 9.14. The molecule has 2 aromatic heterocycles. The van der Waals surface area contributed by atoms with Crippen LogP contribution < -0.4 is 5.32 Å². The van der Waals surface area contributed by atoms with Gasteiger partial charge in [0.2, 0.25) is 5.91 Å². The fourth-order valence-corrected chi connectivity index (χ4v) is 3.03. The minimum absolute atomic E-state index is 0.0314. The van der Waals surface area contributed by atoms with Crippen molar-refractivity contribution in [3.05, 3.63) is 53.6 Å². The molecule has 0 aliphatic heterocycles. The maximum Gasteiger partial charge on any atom is 0.453 e. The van der Waals surface area contributed by atoms with Gasteiger partial charge in [0.05, 0.1) is 23.3 Å². The number of nitrogens with one attached hydrogen (secondary N) is 1. The van der Waals surface area contributed by atoms with Crippen LogP contribution in [-0.2, 0) is 11.0 Å². The Kier molecular flexibility index (Phi) is 5.64. The maximum atomic E-state index is 13.2. The van der Waals surface area contributed by atoms with Crippen LogP contribution >= 0.6 is 0 Å². The molecule has 2 heterocycles. The van der Waals surface area contributed by atoms with Gasteiger partial charge in [-0.25, -0.2) is 18.7 Å². The molecule has 0 fully saturated rings. The lowest BCUT2D eigenvalue weighted by Gasteiger charge is -2.16. The summed E-state index contributed by atoms with van der Waals surface area (Å²) in [5.41, 5.74) is 1.67. The quantitative estimate of drug-likeness (QED) is 0.621. The van der Waals surface area contributed by atoms with Gasteiger partial charge in [-0.2, -0.15) is 18.3 Å². The molecule has 0 aliphatic rings. The number of anilines is 1. The summed E-state index contributed by atoms with van der Waals surface area (Å²) in [5.74, 6) is -2.35. The zero-order chi connectivity index (χ0) is 22.2. The summed E-state index contributed by atoms with van der Waals surface area (Å²) < 4.78 is 54.3. The average Bonchev–Trinajstić information content (AvgIpc) is 3.25. The summed E-state index contributed by atoms with van der Waals surface area (Å²) in [7, 11) is 0. The number of carbonyl (C=O) groups is 1. The van der Waals surface area contributed by atoms with Crippen molar-refractivity contribution in [1.82, 2.24) is 24.5 Å². The van der Waals surface area contributed by atoms with Crippen LogP contribution in [0.2, 0.25) is 0 Å². The normalized spacial score (nSPS) is 13.0. The first-order valence-electron chi connectivity index (χ1n) is 9.14. The second-order valence-electron chi connectivity index (χ2n) is 7.08. The largest absolute Gasteiger partial charge is 0.453 e. The molecule has 0 bridgehead atoms. The lowest BCUT2D eigenvalue weighted by Crippen LogP contribution is -2.26. The monoisotopic (exact) mass is 424 g/mol. The van der Waals surface area contributed by atoms with Gasteiger partial charge in [0.1, 0.15) is 17.7 Å². The van der Waals surface area contributed by atoms with E-state index in [9.17, 15) is 22.4 Å². The van der Waals surface area contributed by atoms with E-state index in [1.54, 1.807) is 16.8 Å². The van der Waals surface area contributed by atoms with Crippen molar-refractivity contribution < 1.29 is 22.4 Å². The van der Waals surface area contributed by atoms with E-state index < -0.39 is 23.9 Å². The number of rotatable bonds is 5. The van der Waals surface area contributed by atoms with Gasteiger partial charge in [0.15, 0.2) is 0 Å². The fourth-order valence-electron chi connectivity index (χ4n) is 3.03. The molecule has 30 heavy (non-hydrogen) atoms. The lowest BCUT2D eigenvalue weighted by atomic mass is 10.1. The molecule has 1 atom stereocenters. The van der Waals surface area contributed by atoms with Crippen molar-refractivity contribution in [2.45, 2.75) is 45.8 Å². The summed E-state index contributed by atoms with van der Waals surface area (Å²) in [5, 5.41) is 10.4. The summed E-state index contributed by atoms with van der Waals surface area (Å²) in [4.78, 5) is 16.1. The third kappa shape index (κ3) is 4.19. The van der Waals surface area contributed by atoms with Gasteiger partial charge in [-0.3, -0.25) is 4.79 Å². The van der Waals surface area contributed by atoms with Crippen LogP contribution in [-0.4, -0.2) is 30.5 Å². The Balaban J connectivity index is 1.88. The van der Waals surface area contributed by atoms with Crippen LogP contribution in [0.1, 0.15) is 50.1 Å². The SMILES string of the molecule is Cc1nc(C(F)(F)F)nn1C(C)C(=O)Nc1cnn(-c2ccc(F)cc2)c1C(C)C. The predicted octanol–water partition coefficient (Wildman–Crippen LogP) is 4.25. The number of aromatic nitrogens is 5. The Morgan fingerprint density at radius 3 is 2.30 bits per heavy atom. The molecule has 160 valence electrons. The van der Waals surface area contributed by atoms with Crippen molar-refractivity contribution in [2.24, 2.45) is 0 Å².